The van der Waals surface area contributed by atoms with Crippen LogP contribution in [0.25, 0.3) is 0 Å². The van der Waals surface area contributed by atoms with E-state index in [2.05, 4.69) is 17.4 Å². The van der Waals surface area contributed by atoms with Crippen LogP contribution in [0, 0.1) is 0 Å². The van der Waals surface area contributed by atoms with Gasteiger partial charge in [-0.1, -0.05) is 6.07 Å². The molecule has 0 aliphatic carbocycles. The highest BCUT2D eigenvalue weighted by atomic mass is 16.5. The van der Waals surface area contributed by atoms with Crippen molar-refractivity contribution in [3.63, 3.8) is 0 Å². The summed E-state index contributed by atoms with van der Waals surface area (Å²) in [6.07, 6.45) is 1.09. The second-order valence-electron chi connectivity index (χ2n) is 3.56. The lowest BCUT2D eigenvalue weighted by molar-refractivity contribution is 0.408. The Morgan fingerprint density at radius 2 is 2.29 bits per heavy atom. The van der Waals surface area contributed by atoms with E-state index < -0.39 is 0 Å². The van der Waals surface area contributed by atoms with Crippen molar-refractivity contribution in [3.05, 3.63) is 28.8 Å². The number of hydrogen-bond donors (Lipinski definition) is 2. The summed E-state index contributed by atoms with van der Waals surface area (Å²) < 4.78 is 5.29. The maximum Gasteiger partial charge on any atom is 0.123 e. The summed E-state index contributed by atoms with van der Waals surface area (Å²) in [7, 11) is 1.69. The number of nitrogens with one attached hydrogen (secondary N) is 1. The normalized spacial score (nSPS) is 15.0. The van der Waals surface area contributed by atoms with E-state index >= 15 is 0 Å². The Hall–Kier alpha value is -1.06. The number of nitrogens with two attached hydrogens (primary N) is 1. The Kier molecular flexibility index (Phi) is 2.70. The summed E-state index contributed by atoms with van der Waals surface area (Å²) >= 11 is 0. The smallest absolute Gasteiger partial charge is 0.123 e. The van der Waals surface area contributed by atoms with Crippen molar-refractivity contribution in [1.82, 2.24) is 5.32 Å². The quantitative estimate of drug-likeness (QED) is 0.728. The first kappa shape index (κ1) is 9.49. The van der Waals surface area contributed by atoms with E-state index in [1.54, 1.807) is 7.11 Å². The molecule has 0 spiro atoms. The summed E-state index contributed by atoms with van der Waals surface area (Å²) in [6, 6.07) is 4.28. The van der Waals surface area contributed by atoms with E-state index in [0.29, 0.717) is 6.54 Å². The number of hydrogen-bond acceptors (Lipinski definition) is 3. The summed E-state index contributed by atoms with van der Waals surface area (Å²) in [5.74, 6) is 0.912. The molecule has 0 amide bonds. The van der Waals surface area contributed by atoms with Crippen LogP contribution in [0.5, 0.6) is 5.75 Å². The zero-order valence-corrected chi connectivity index (χ0v) is 8.47. The molecule has 1 aromatic carbocycles. The van der Waals surface area contributed by atoms with Crippen molar-refractivity contribution in [2.24, 2.45) is 5.73 Å². The van der Waals surface area contributed by atoms with Gasteiger partial charge in [-0.25, -0.2) is 0 Å². The van der Waals surface area contributed by atoms with Crippen molar-refractivity contribution in [2.75, 3.05) is 13.7 Å². The summed E-state index contributed by atoms with van der Waals surface area (Å²) in [5.41, 5.74) is 9.51. The predicted octanol–water partition coefficient (Wildman–Crippen LogP) is 0.800. The van der Waals surface area contributed by atoms with Crippen molar-refractivity contribution < 1.29 is 4.74 Å². The van der Waals surface area contributed by atoms with Crippen LogP contribution in [0.15, 0.2) is 12.1 Å². The average Bonchev–Trinajstić information content (AvgIpc) is 2.27. The number of rotatable bonds is 2. The zero-order valence-electron chi connectivity index (χ0n) is 8.47. The van der Waals surface area contributed by atoms with E-state index in [1.165, 1.54) is 11.1 Å². The Balaban J connectivity index is 2.43. The fourth-order valence-electron chi connectivity index (χ4n) is 1.91. The van der Waals surface area contributed by atoms with Gasteiger partial charge in [-0.15, -0.1) is 0 Å². The van der Waals surface area contributed by atoms with Gasteiger partial charge >= 0.3 is 0 Å². The third-order valence-electron chi connectivity index (χ3n) is 2.71. The molecule has 1 aromatic rings. The van der Waals surface area contributed by atoms with Gasteiger partial charge < -0.3 is 15.8 Å². The van der Waals surface area contributed by atoms with Crippen molar-refractivity contribution in [1.29, 1.82) is 0 Å². The van der Waals surface area contributed by atoms with Crippen molar-refractivity contribution in [2.45, 2.75) is 19.5 Å². The minimum atomic E-state index is 0.546. The van der Waals surface area contributed by atoms with Crippen LogP contribution in [-0.4, -0.2) is 13.7 Å². The first-order chi connectivity index (χ1) is 6.85. The second kappa shape index (κ2) is 3.98. The summed E-state index contributed by atoms with van der Waals surface area (Å²) in [5, 5.41) is 3.34. The zero-order chi connectivity index (χ0) is 9.97. The molecule has 0 radical (unpaired) electrons. The lowest BCUT2D eigenvalue weighted by atomic mass is 9.97. The molecule has 0 aromatic heterocycles. The summed E-state index contributed by atoms with van der Waals surface area (Å²) in [4.78, 5) is 0. The monoisotopic (exact) mass is 192 g/mol. The Labute approximate surface area is 84.3 Å². The highest BCUT2D eigenvalue weighted by molar-refractivity contribution is 5.43. The van der Waals surface area contributed by atoms with E-state index in [-0.39, 0.29) is 0 Å². The number of methoxy groups -OCH3 is 1. The van der Waals surface area contributed by atoms with Gasteiger partial charge in [0.2, 0.25) is 0 Å². The molecule has 3 N–H and O–H groups in total. The van der Waals surface area contributed by atoms with Crippen LogP contribution in [0.4, 0.5) is 0 Å². The SMILES string of the molecule is COc1cc2c(cc1CN)CCNC2. The predicted molar refractivity (Wildman–Crippen MR) is 56.3 cm³/mol. The Morgan fingerprint density at radius 1 is 1.43 bits per heavy atom. The van der Waals surface area contributed by atoms with Crippen LogP contribution >= 0.6 is 0 Å². The molecule has 2 rings (SSSR count). The van der Waals surface area contributed by atoms with Crippen LogP contribution in [-0.2, 0) is 19.5 Å². The Bertz CT molecular complexity index is 292. The lowest BCUT2D eigenvalue weighted by Gasteiger charge is -2.19. The van der Waals surface area contributed by atoms with E-state index in [9.17, 15) is 0 Å². The molecule has 0 atom stereocenters. The van der Waals surface area contributed by atoms with Crippen LogP contribution in [0.1, 0.15) is 16.7 Å². The molecular weight excluding hydrogens is 176 g/mol. The third kappa shape index (κ3) is 1.61. The van der Waals surface area contributed by atoms with E-state index in [0.717, 1.165) is 30.8 Å². The maximum atomic E-state index is 5.66. The molecular formula is C11H16N2O. The molecule has 0 saturated heterocycles. The van der Waals surface area contributed by atoms with Crippen LogP contribution in [0.2, 0.25) is 0 Å². The molecule has 0 unspecified atom stereocenters. The second-order valence-corrected chi connectivity index (χ2v) is 3.56. The fraction of sp³-hybridized carbons (Fsp3) is 0.455. The minimum absolute atomic E-state index is 0.546. The van der Waals surface area contributed by atoms with E-state index in [4.69, 9.17) is 10.5 Å². The van der Waals surface area contributed by atoms with Gasteiger partial charge in [0, 0.05) is 18.7 Å². The molecule has 1 heterocycles. The molecule has 14 heavy (non-hydrogen) atoms. The van der Waals surface area contributed by atoms with Crippen LogP contribution < -0.4 is 15.8 Å². The third-order valence-corrected chi connectivity index (χ3v) is 2.71. The largest absolute Gasteiger partial charge is 0.496 e. The van der Waals surface area contributed by atoms with Gasteiger partial charge in [0.25, 0.3) is 0 Å². The standard InChI is InChI=1S/C11H16N2O/c1-14-11-5-10-7-13-3-2-8(10)4-9(11)6-12/h4-5,13H,2-3,6-7,12H2,1H3. The van der Waals surface area contributed by atoms with Crippen molar-refractivity contribution in [3.8, 4) is 5.75 Å². The van der Waals surface area contributed by atoms with Gasteiger partial charge in [0.15, 0.2) is 0 Å². The highest BCUT2D eigenvalue weighted by Gasteiger charge is 2.12. The van der Waals surface area contributed by atoms with Gasteiger partial charge in [0.05, 0.1) is 7.11 Å². The first-order valence-corrected chi connectivity index (χ1v) is 4.94. The van der Waals surface area contributed by atoms with Gasteiger partial charge in [-0.05, 0) is 30.2 Å². The van der Waals surface area contributed by atoms with E-state index in [1.807, 2.05) is 0 Å². The van der Waals surface area contributed by atoms with Gasteiger partial charge in [-0.3, -0.25) is 0 Å². The van der Waals surface area contributed by atoms with Crippen LogP contribution in [0.3, 0.4) is 0 Å². The molecule has 0 saturated carbocycles. The topological polar surface area (TPSA) is 47.3 Å². The lowest BCUT2D eigenvalue weighted by Crippen LogP contribution is -2.24. The molecule has 0 bridgehead atoms. The molecule has 1 aliphatic rings. The number of fused-ring (bicyclic) bond motifs is 1. The molecule has 3 nitrogen and oxygen atoms in total. The number of benzene rings is 1. The highest BCUT2D eigenvalue weighted by Crippen LogP contribution is 2.25. The first-order valence-electron chi connectivity index (χ1n) is 4.94. The molecule has 3 heteroatoms. The summed E-state index contributed by atoms with van der Waals surface area (Å²) in [6.45, 7) is 2.55. The average molecular weight is 192 g/mol. The van der Waals surface area contributed by atoms with Gasteiger partial charge in [0.1, 0.15) is 5.75 Å². The maximum absolute atomic E-state index is 5.66. The molecule has 1 aliphatic heterocycles. The van der Waals surface area contributed by atoms with Gasteiger partial charge in [-0.2, -0.15) is 0 Å². The van der Waals surface area contributed by atoms with Crippen molar-refractivity contribution >= 4 is 0 Å². The number of ether oxygens (including phenoxy) is 1. The molecule has 0 fully saturated rings. The molecule has 76 valence electrons. The Morgan fingerprint density at radius 3 is 3.00 bits per heavy atom. The minimum Gasteiger partial charge on any atom is -0.496 e. The fourth-order valence-corrected chi connectivity index (χ4v) is 1.91.